The Labute approximate surface area is 150 Å². The monoisotopic (exact) mass is 382 g/mol. The summed E-state index contributed by atoms with van der Waals surface area (Å²) in [5, 5.41) is 2.36. The predicted molar refractivity (Wildman–Crippen MR) is 95.8 cm³/mol. The summed E-state index contributed by atoms with van der Waals surface area (Å²) in [7, 11) is -3.06. The molecule has 1 atom stereocenters. The highest BCUT2D eigenvalue weighted by Crippen LogP contribution is 2.26. The quantitative estimate of drug-likeness (QED) is 0.815. The van der Waals surface area contributed by atoms with Crippen molar-refractivity contribution >= 4 is 27.1 Å². The summed E-state index contributed by atoms with van der Waals surface area (Å²) in [5.41, 5.74) is 1.11. The molecule has 2 aromatic rings. The third-order valence-corrected chi connectivity index (χ3v) is 6.13. The van der Waals surface area contributed by atoms with E-state index in [1.54, 1.807) is 22.4 Å². The highest BCUT2D eigenvalue weighted by atomic mass is 32.2. The van der Waals surface area contributed by atoms with Gasteiger partial charge in [0, 0.05) is 30.3 Å². The fraction of sp³-hybridized carbons (Fsp3) is 0.412. The second kappa shape index (κ2) is 7.21. The number of benzene rings is 1. The Morgan fingerprint density at radius 3 is 2.76 bits per heavy atom. The summed E-state index contributed by atoms with van der Waals surface area (Å²) in [4.78, 5) is 18.7. The van der Waals surface area contributed by atoms with Crippen LogP contribution < -0.4 is 0 Å². The van der Waals surface area contributed by atoms with Gasteiger partial charge in [0.05, 0.1) is 5.75 Å². The Morgan fingerprint density at radius 2 is 2.08 bits per heavy atom. The molecule has 1 fully saturated rings. The zero-order valence-electron chi connectivity index (χ0n) is 13.8. The van der Waals surface area contributed by atoms with Crippen LogP contribution in [0.2, 0.25) is 0 Å². The summed E-state index contributed by atoms with van der Waals surface area (Å²) in [6.07, 6.45) is 2.83. The molecule has 1 aliphatic rings. The third-order valence-electron chi connectivity index (χ3n) is 4.16. The van der Waals surface area contributed by atoms with Crippen molar-refractivity contribution in [3.05, 3.63) is 41.2 Å². The lowest BCUT2D eigenvalue weighted by molar-refractivity contribution is 0.0679. The maximum Gasteiger partial charge on any atom is 0.273 e. The number of rotatable bonds is 4. The second-order valence-electron chi connectivity index (χ2n) is 6.40. The number of likely N-dealkylation sites (tertiary alicyclic amines) is 1. The summed E-state index contributed by atoms with van der Waals surface area (Å²) in [5.74, 6) is -0.415. The molecule has 25 heavy (non-hydrogen) atoms. The van der Waals surface area contributed by atoms with Gasteiger partial charge >= 0.3 is 0 Å². The molecule has 1 saturated heterocycles. The van der Waals surface area contributed by atoms with E-state index in [2.05, 4.69) is 4.98 Å². The number of hydrogen-bond acceptors (Lipinski definition) is 5. The Kier molecular flexibility index (Phi) is 5.19. The lowest BCUT2D eigenvalue weighted by atomic mass is 10.00. The number of halogens is 1. The normalized spacial score (nSPS) is 18.3. The van der Waals surface area contributed by atoms with Crippen molar-refractivity contribution in [2.75, 3.05) is 25.1 Å². The minimum atomic E-state index is -3.06. The molecule has 1 aromatic heterocycles. The van der Waals surface area contributed by atoms with Crippen molar-refractivity contribution in [1.29, 1.82) is 0 Å². The van der Waals surface area contributed by atoms with Gasteiger partial charge in [-0.3, -0.25) is 4.79 Å². The zero-order valence-corrected chi connectivity index (χ0v) is 15.4. The van der Waals surface area contributed by atoms with Crippen molar-refractivity contribution in [2.24, 2.45) is 5.92 Å². The Balaban J connectivity index is 1.71. The van der Waals surface area contributed by atoms with Gasteiger partial charge < -0.3 is 4.90 Å². The lowest BCUT2D eigenvalue weighted by Gasteiger charge is -2.32. The molecule has 134 valence electrons. The van der Waals surface area contributed by atoms with Crippen LogP contribution >= 0.6 is 11.3 Å². The average Bonchev–Trinajstić information content (AvgIpc) is 3.03. The Hall–Kier alpha value is -1.80. The van der Waals surface area contributed by atoms with Gasteiger partial charge in [-0.15, -0.1) is 11.3 Å². The van der Waals surface area contributed by atoms with Crippen LogP contribution in [0.25, 0.3) is 10.6 Å². The largest absolute Gasteiger partial charge is 0.337 e. The van der Waals surface area contributed by atoms with E-state index < -0.39 is 9.84 Å². The average molecular weight is 382 g/mol. The van der Waals surface area contributed by atoms with Crippen LogP contribution in [0.5, 0.6) is 0 Å². The molecule has 0 spiro atoms. The van der Waals surface area contributed by atoms with Crippen molar-refractivity contribution < 1.29 is 17.6 Å². The Bertz CT molecular complexity index is 862. The highest BCUT2D eigenvalue weighted by Gasteiger charge is 2.27. The van der Waals surface area contributed by atoms with Gasteiger partial charge in [0.2, 0.25) is 0 Å². The molecule has 1 amide bonds. The molecule has 0 aliphatic carbocycles. The number of amides is 1. The van der Waals surface area contributed by atoms with Gasteiger partial charge in [-0.05, 0) is 43.0 Å². The molecule has 8 heteroatoms. The minimum absolute atomic E-state index is 0.0251. The van der Waals surface area contributed by atoms with Crippen LogP contribution in [0.15, 0.2) is 29.6 Å². The smallest absolute Gasteiger partial charge is 0.273 e. The molecule has 3 rings (SSSR count). The third kappa shape index (κ3) is 4.64. The number of piperidine rings is 1. The standard InChI is InChI=1S/C17H19FN2O3S2/c1-25(22,23)11-12-3-2-8-20(9-12)17(21)15-10-24-16(19-15)13-4-6-14(18)7-5-13/h4-7,10,12H,2-3,8-9,11H2,1H3. The number of aromatic nitrogens is 1. The number of thiazole rings is 1. The second-order valence-corrected chi connectivity index (χ2v) is 9.44. The van der Waals surface area contributed by atoms with Crippen LogP contribution in [0.4, 0.5) is 4.39 Å². The maximum absolute atomic E-state index is 13.0. The summed E-state index contributed by atoms with van der Waals surface area (Å²) in [6, 6.07) is 5.98. The molecular formula is C17H19FN2O3S2. The first-order valence-electron chi connectivity index (χ1n) is 8.00. The topological polar surface area (TPSA) is 67.3 Å². The van der Waals surface area contributed by atoms with Gasteiger partial charge in [0.25, 0.3) is 5.91 Å². The van der Waals surface area contributed by atoms with E-state index in [-0.39, 0.29) is 23.4 Å². The van der Waals surface area contributed by atoms with E-state index >= 15 is 0 Å². The van der Waals surface area contributed by atoms with Crippen LogP contribution in [-0.2, 0) is 9.84 Å². The van der Waals surface area contributed by atoms with Gasteiger partial charge in [-0.2, -0.15) is 0 Å². The molecule has 5 nitrogen and oxygen atoms in total. The first-order valence-corrected chi connectivity index (χ1v) is 10.9. The molecule has 2 heterocycles. The molecule has 0 saturated carbocycles. The van der Waals surface area contributed by atoms with E-state index in [9.17, 15) is 17.6 Å². The van der Waals surface area contributed by atoms with E-state index in [1.807, 2.05) is 0 Å². The van der Waals surface area contributed by atoms with E-state index in [0.29, 0.717) is 23.8 Å². The van der Waals surface area contributed by atoms with Crippen LogP contribution in [-0.4, -0.2) is 49.3 Å². The molecule has 1 aliphatic heterocycles. The molecule has 0 radical (unpaired) electrons. The summed E-state index contributed by atoms with van der Waals surface area (Å²) < 4.78 is 36.0. The van der Waals surface area contributed by atoms with Gasteiger partial charge in [-0.25, -0.2) is 17.8 Å². The van der Waals surface area contributed by atoms with Crippen molar-refractivity contribution in [3.63, 3.8) is 0 Å². The molecule has 0 bridgehead atoms. The first kappa shape index (κ1) is 18.0. The van der Waals surface area contributed by atoms with E-state index in [4.69, 9.17) is 0 Å². The number of nitrogens with zero attached hydrogens (tertiary/aromatic N) is 2. The number of carbonyl (C=O) groups excluding carboxylic acids is 1. The van der Waals surface area contributed by atoms with Crippen molar-refractivity contribution in [1.82, 2.24) is 9.88 Å². The van der Waals surface area contributed by atoms with E-state index in [1.165, 1.54) is 29.7 Å². The van der Waals surface area contributed by atoms with Gasteiger partial charge in [0.15, 0.2) is 0 Å². The number of carbonyl (C=O) groups is 1. The fourth-order valence-corrected chi connectivity index (χ4v) is 5.00. The zero-order chi connectivity index (χ0) is 18.0. The van der Waals surface area contributed by atoms with E-state index in [0.717, 1.165) is 18.4 Å². The highest BCUT2D eigenvalue weighted by molar-refractivity contribution is 7.90. The summed E-state index contributed by atoms with van der Waals surface area (Å²) >= 11 is 1.33. The number of sulfone groups is 1. The Morgan fingerprint density at radius 1 is 1.36 bits per heavy atom. The fourth-order valence-electron chi connectivity index (χ4n) is 3.07. The van der Waals surface area contributed by atoms with Crippen LogP contribution in [0.1, 0.15) is 23.3 Å². The molecular weight excluding hydrogens is 363 g/mol. The molecule has 1 aromatic carbocycles. The van der Waals surface area contributed by atoms with Crippen LogP contribution in [0, 0.1) is 11.7 Å². The predicted octanol–water partition coefficient (Wildman–Crippen LogP) is 2.85. The first-order chi connectivity index (χ1) is 11.8. The van der Waals surface area contributed by atoms with Crippen LogP contribution in [0.3, 0.4) is 0 Å². The maximum atomic E-state index is 13.0. The van der Waals surface area contributed by atoms with Crippen molar-refractivity contribution in [2.45, 2.75) is 12.8 Å². The lowest BCUT2D eigenvalue weighted by Crippen LogP contribution is -2.41. The molecule has 1 unspecified atom stereocenters. The van der Waals surface area contributed by atoms with Gasteiger partial charge in [-0.1, -0.05) is 0 Å². The summed E-state index contributed by atoms with van der Waals surface area (Å²) in [6.45, 7) is 1.05. The van der Waals surface area contributed by atoms with Crippen molar-refractivity contribution in [3.8, 4) is 10.6 Å². The SMILES string of the molecule is CS(=O)(=O)CC1CCCN(C(=O)c2csc(-c3ccc(F)cc3)n2)C1. The minimum Gasteiger partial charge on any atom is -0.337 e. The van der Waals surface area contributed by atoms with Gasteiger partial charge in [0.1, 0.15) is 26.4 Å². The number of hydrogen-bond donors (Lipinski definition) is 0. The molecule has 0 N–H and O–H groups in total.